The van der Waals surface area contributed by atoms with E-state index in [2.05, 4.69) is 14.6 Å². The van der Waals surface area contributed by atoms with Gasteiger partial charge in [0.05, 0.1) is 23.9 Å². The lowest BCUT2D eigenvalue weighted by molar-refractivity contribution is 0.220. The van der Waals surface area contributed by atoms with E-state index >= 15 is 0 Å². The number of pyridine rings is 1. The van der Waals surface area contributed by atoms with Crippen molar-refractivity contribution in [3.05, 3.63) is 34.6 Å². The number of hydrogen-bond donors (Lipinski definition) is 1. The lowest BCUT2D eigenvalue weighted by Crippen LogP contribution is -2.16. The maximum atomic E-state index is 10.5. The lowest BCUT2D eigenvalue weighted by Gasteiger charge is -2.19. The molecule has 0 saturated heterocycles. The van der Waals surface area contributed by atoms with Crippen LogP contribution in [-0.4, -0.2) is 26.8 Å². The summed E-state index contributed by atoms with van der Waals surface area (Å²) in [6.45, 7) is 6.14. The Morgan fingerprint density at radius 3 is 2.68 bits per heavy atom. The highest BCUT2D eigenvalue weighted by Crippen LogP contribution is 2.33. The van der Waals surface area contributed by atoms with E-state index in [0.717, 1.165) is 10.6 Å². The van der Waals surface area contributed by atoms with Gasteiger partial charge in [0, 0.05) is 17.2 Å². The van der Waals surface area contributed by atoms with Gasteiger partial charge in [0.1, 0.15) is 11.9 Å². The number of aliphatic hydroxyl groups is 1. The summed E-state index contributed by atoms with van der Waals surface area (Å²) in [7, 11) is 1.57. The van der Waals surface area contributed by atoms with Crippen molar-refractivity contribution in [3.8, 4) is 5.75 Å². The second-order valence-corrected chi connectivity index (χ2v) is 6.08. The van der Waals surface area contributed by atoms with Gasteiger partial charge in [0.25, 0.3) is 0 Å². The summed E-state index contributed by atoms with van der Waals surface area (Å²) in [6.07, 6.45) is 2.45. The molecule has 1 unspecified atom stereocenters. The van der Waals surface area contributed by atoms with E-state index in [1.807, 2.05) is 20.8 Å². The number of aromatic nitrogens is 3. The van der Waals surface area contributed by atoms with Crippen molar-refractivity contribution in [1.29, 1.82) is 0 Å². The van der Waals surface area contributed by atoms with Crippen LogP contribution in [0, 0.1) is 0 Å². The van der Waals surface area contributed by atoms with Gasteiger partial charge in [0.2, 0.25) is 0 Å². The molecule has 1 N–H and O–H groups in total. The summed E-state index contributed by atoms with van der Waals surface area (Å²) >= 11 is 1.21. The Balaban J connectivity index is 2.39. The molecule has 2 aromatic heterocycles. The van der Waals surface area contributed by atoms with E-state index in [9.17, 15) is 5.11 Å². The van der Waals surface area contributed by atoms with Crippen LogP contribution in [-0.2, 0) is 5.41 Å². The Morgan fingerprint density at radius 2 is 2.05 bits per heavy atom. The van der Waals surface area contributed by atoms with Crippen molar-refractivity contribution < 1.29 is 9.84 Å². The molecule has 5 nitrogen and oxygen atoms in total. The molecule has 1 atom stereocenters. The van der Waals surface area contributed by atoms with Gasteiger partial charge in [-0.1, -0.05) is 25.3 Å². The minimum atomic E-state index is -0.781. The van der Waals surface area contributed by atoms with Gasteiger partial charge >= 0.3 is 0 Å². The van der Waals surface area contributed by atoms with E-state index in [1.165, 1.54) is 11.5 Å². The zero-order valence-electron chi connectivity index (χ0n) is 11.4. The van der Waals surface area contributed by atoms with Gasteiger partial charge in [-0.2, -0.15) is 0 Å². The molecule has 102 valence electrons. The molecule has 19 heavy (non-hydrogen) atoms. The molecule has 0 saturated carbocycles. The minimum absolute atomic E-state index is 0.157. The average Bonchev–Trinajstić information content (AvgIpc) is 2.87. The van der Waals surface area contributed by atoms with Gasteiger partial charge in [-0.05, 0) is 17.6 Å². The monoisotopic (exact) mass is 279 g/mol. The van der Waals surface area contributed by atoms with Crippen LogP contribution in [0.25, 0.3) is 0 Å². The maximum absolute atomic E-state index is 10.5. The molecule has 0 amide bonds. The van der Waals surface area contributed by atoms with Gasteiger partial charge in [-0.15, -0.1) is 5.10 Å². The van der Waals surface area contributed by atoms with E-state index in [-0.39, 0.29) is 5.41 Å². The van der Waals surface area contributed by atoms with Crippen LogP contribution in [0.2, 0.25) is 0 Å². The summed E-state index contributed by atoms with van der Waals surface area (Å²) in [5.74, 6) is 0.617. The largest absolute Gasteiger partial charge is 0.495 e. The second-order valence-electron chi connectivity index (χ2n) is 5.30. The third-order valence-corrected chi connectivity index (χ3v) is 3.53. The summed E-state index contributed by atoms with van der Waals surface area (Å²) < 4.78 is 9.08. The SMILES string of the molecule is COc1cncc(C(O)c2snnc2C(C)(C)C)c1. The Bertz CT molecular complexity index is 563. The second kappa shape index (κ2) is 5.22. The van der Waals surface area contributed by atoms with Crippen LogP contribution in [0.15, 0.2) is 18.5 Å². The van der Waals surface area contributed by atoms with Crippen molar-refractivity contribution in [2.45, 2.75) is 32.3 Å². The molecule has 0 fully saturated rings. The molecule has 0 spiro atoms. The third kappa shape index (κ3) is 2.90. The first-order valence-electron chi connectivity index (χ1n) is 5.93. The predicted octanol–water partition coefficient (Wildman–Crippen LogP) is 2.32. The summed E-state index contributed by atoms with van der Waals surface area (Å²) in [5, 5.41) is 14.6. The number of rotatable bonds is 3. The zero-order chi connectivity index (χ0) is 14.0. The molecule has 2 rings (SSSR count). The molecular weight excluding hydrogens is 262 g/mol. The van der Waals surface area contributed by atoms with Gasteiger partial charge < -0.3 is 9.84 Å². The van der Waals surface area contributed by atoms with Crippen LogP contribution >= 0.6 is 11.5 Å². The highest BCUT2D eigenvalue weighted by Gasteiger charge is 2.27. The molecule has 2 aromatic rings. The molecular formula is C13H17N3O2S. The van der Waals surface area contributed by atoms with E-state index in [1.54, 1.807) is 25.6 Å². The quantitative estimate of drug-likeness (QED) is 0.934. The highest BCUT2D eigenvalue weighted by molar-refractivity contribution is 7.05. The normalized spacial score (nSPS) is 13.3. The highest BCUT2D eigenvalue weighted by atomic mass is 32.1. The molecule has 0 aromatic carbocycles. The number of aliphatic hydroxyl groups excluding tert-OH is 1. The average molecular weight is 279 g/mol. The molecule has 2 heterocycles. The smallest absolute Gasteiger partial charge is 0.137 e. The van der Waals surface area contributed by atoms with Crippen LogP contribution < -0.4 is 4.74 Å². The third-order valence-electron chi connectivity index (χ3n) is 2.76. The van der Waals surface area contributed by atoms with Crippen molar-refractivity contribution >= 4 is 11.5 Å². The van der Waals surface area contributed by atoms with Crippen LogP contribution in [0.5, 0.6) is 5.75 Å². The van der Waals surface area contributed by atoms with E-state index < -0.39 is 6.10 Å². The van der Waals surface area contributed by atoms with E-state index in [0.29, 0.717) is 11.3 Å². The van der Waals surface area contributed by atoms with Gasteiger partial charge in [-0.3, -0.25) is 4.98 Å². The van der Waals surface area contributed by atoms with Crippen LogP contribution in [0.1, 0.15) is 43.0 Å². The van der Waals surface area contributed by atoms with Crippen LogP contribution in [0.3, 0.4) is 0 Å². The predicted molar refractivity (Wildman–Crippen MR) is 73.5 cm³/mol. The standard InChI is InChI=1S/C13H17N3O2S/c1-13(2,3)12-11(19-16-15-12)10(17)8-5-9(18-4)7-14-6-8/h5-7,10,17H,1-4H3. The Hall–Kier alpha value is -1.53. The molecule has 6 heteroatoms. The Morgan fingerprint density at radius 1 is 1.32 bits per heavy atom. The van der Waals surface area contributed by atoms with Crippen molar-refractivity contribution in [2.75, 3.05) is 7.11 Å². The molecule has 0 aliphatic rings. The Kier molecular flexibility index (Phi) is 3.82. The maximum Gasteiger partial charge on any atom is 0.137 e. The van der Waals surface area contributed by atoms with Crippen molar-refractivity contribution in [3.63, 3.8) is 0 Å². The number of methoxy groups -OCH3 is 1. The summed E-state index contributed by atoms with van der Waals surface area (Å²) in [6, 6.07) is 1.77. The fourth-order valence-corrected chi connectivity index (χ4v) is 2.62. The molecule has 0 bridgehead atoms. The lowest BCUT2D eigenvalue weighted by atomic mass is 9.89. The molecule has 0 aliphatic carbocycles. The van der Waals surface area contributed by atoms with Crippen molar-refractivity contribution in [1.82, 2.24) is 14.6 Å². The van der Waals surface area contributed by atoms with Crippen molar-refractivity contribution in [2.24, 2.45) is 0 Å². The molecule has 0 aliphatic heterocycles. The number of hydrogen-bond acceptors (Lipinski definition) is 6. The summed E-state index contributed by atoms with van der Waals surface area (Å²) in [4.78, 5) is 4.81. The first-order chi connectivity index (χ1) is 8.93. The van der Waals surface area contributed by atoms with E-state index in [4.69, 9.17) is 4.74 Å². The number of ether oxygens (including phenoxy) is 1. The summed E-state index contributed by atoms with van der Waals surface area (Å²) in [5.41, 5.74) is 1.33. The topological polar surface area (TPSA) is 68.1 Å². The first-order valence-corrected chi connectivity index (χ1v) is 6.70. The zero-order valence-corrected chi connectivity index (χ0v) is 12.2. The van der Waals surface area contributed by atoms with Gasteiger partial charge in [0.15, 0.2) is 0 Å². The minimum Gasteiger partial charge on any atom is -0.495 e. The molecule has 0 radical (unpaired) electrons. The van der Waals surface area contributed by atoms with Gasteiger partial charge in [-0.25, -0.2) is 0 Å². The first kappa shape index (κ1) is 13.9. The van der Waals surface area contributed by atoms with Crippen LogP contribution in [0.4, 0.5) is 0 Å². The fraction of sp³-hybridized carbons (Fsp3) is 0.462. The Labute approximate surface area is 116 Å². The number of nitrogens with zero attached hydrogens (tertiary/aromatic N) is 3. The fourth-order valence-electron chi connectivity index (χ4n) is 1.74.